The summed E-state index contributed by atoms with van der Waals surface area (Å²) in [4.78, 5) is 0. The van der Waals surface area contributed by atoms with Crippen LogP contribution in [0.15, 0.2) is 48.5 Å². The summed E-state index contributed by atoms with van der Waals surface area (Å²) in [6.07, 6.45) is 2.05. The van der Waals surface area contributed by atoms with Crippen molar-refractivity contribution in [3.8, 4) is 5.75 Å². The van der Waals surface area contributed by atoms with Gasteiger partial charge in [-0.25, -0.2) is 0 Å². The molecule has 2 nitrogen and oxygen atoms in total. The predicted octanol–water partition coefficient (Wildman–Crippen LogP) is 4.03. The Morgan fingerprint density at radius 2 is 1.85 bits per heavy atom. The number of rotatable bonds is 6. The second-order valence-corrected chi connectivity index (χ2v) is 5.27. The van der Waals surface area contributed by atoms with Gasteiger partial charge in [-0.15, -0.1) is 0 Å². The van der Waals surface area contributed by atoms with Crippen LogP contribution in [0, 0.1) is 6.92 Å². The molecule has 106 valence electrons. The van der Waals surface area contributed by atoms with Crippen molar-refractivity contribution in [2.24, 2.45) is 5.73 Å². The Morgan fingerprint density at radius 1 is 1.10 bits per heavy atom. The molecule has 2 heteroatoms. The normalized spacial score (nSPS) is 12.2. The number of benzene rings is 2. The number of hydrogen-bond donors (Lipinski definition) is 1. The molecule has 0 aliphatic carbocycles. The van der Waals surface area contributed by atoms with Crippen molar-refractivity contribution < 1.29 is 4.74 Å². The first-order valence-electron chi connectivity index (χ1n) is 7.19. The van der Waals surface area contributed by atoms with Gasteiger partial charge in [0.15, 0.2) is 0 Å². The Balaban J connectivity index is 1.88. The zero-order valence-corrected chi connectivity index (χ0v) is 12.3. The monoisotopic (exact) mass is 269 g/mol. The number of hydrogen-bond acceptors (Lipinski definition) is 2. The molecule has 0 unspecified atom stereocenters. The average molecular weight is 269 g/mol. The average Bonchev–Trinajstić information content (AvgIpc) is 2.45. The highest BCUT2D eigenvalue weighted by Gasteiger charge is 2.08. The first-order chi connectivity index (χ1) is 9.66. The smallest absolute Gasteiger partial charge is 0.124 e. The van der Waals surface area contributed by atoms with E-state index in [1.807, 2.05) is 19.1 Å². The number of ether oxygens (including phenoxy) is 1. The highest BCUT2D eigenvalue weighted by Crippen LogP contribution is 2.25. The van der Waals surface area contributed by atoms with E-state index in [2.05, 4.69) is 43.3 Å². The van der Waals surface area contributed by atoms with Gasteiger partial charge in [-0.05, 0) is 38.3 Å². The van der Waals surface area contributed by atoms with Crippen LogP contribution in [0.5, 0.6) is 5.75 Å². The lowest BCUT2D eigenvalue weighted by Gasteiger charge is -2.14. The summed E-state index contributed by atoms with van der Waals surface area (Å²) >= 11 is 0. The van der Waals surface area contributed by atoms with E-state index in [1.54, 1.807) is 0 Å². The molecule has 0 spiro atoms. The zero-order chi connectivity index (χ0) is 14.4. The van der Waals surface area contributed by atoms with Crippen LogP contribution >= 0.6 is 0 Å². The van der Waals surface area contributed by atoms with Crippen LogP contribution in [-0.4, -0.2) is 6.61 Å². The van der Waals surface area contributed by atoms with Gasteiger partial charge in [0.25, 0.3) is 0 Å². The van der Waals surface area contributed by atoms with Crippen molar-refractivity contribution in [3.63, 3.8) is 0 Å². The lowest BCUT2D eigenvalue weighted by atomic mass is 10.1. The lowest BCUT2D eigenvalue weighted by Crippen LogP contribution is -2.09. The molecule has 0 aliphatic heterocycles. The highest BCUT2D eigenvalue weighted by molar-refractivity contribution is 5.38. The van der Waals surface area contributed by atoms with E-state index in [9.17, 15) is 0 Å². The molecule has 2 aromatic carbocycles. The number of aryl methyl sites for hydroxylation is 2. The van der Waals surface area contributed by atoms with Gasteiger partial charge in [0.2, 0.25) is 0 Å². The van der Waals surface area contributed by atoms with Crippen molar-refractivity contribution in [3.05, 3.63) is 65.2 Å². The fourth-order valence-electron chi connectivity index (χ4n) is 2.26. The summed E-state index contributed by atoms with van der Waals surface area (Å²) in [6, 6.07) is 16.7. The summed E-state index contributed by atoms with van der Waals surface area (Å²) in [7, 11) is 0. The van der Waals surface area contributed by atoms with Crippen LogP contribution < -0.4 is 10.5 Å². The third-order valence-corrected chi connectivity index (χ3v) is 3.37. The standard InChI is InChI=1S/C18H23NO/c1-14-10-11-18(17(13-14)15(2)19)20-12-6-9-16-7-4-3-5-8-16/h3-5,7-8,10-11,13,15H,6,9,12,19H2,1-2H3/t15-/m1/s1. The topological polar surface area (TPSA) is 35.2 Å². The van der Waals surface area contributed by atoms with Gasteiger partial charge in [-0.1, -0.05) is 48.0 Å². The number of nitrogens with two attached hydrogens (primary N) is 1. The fraction of sp³-hybridized carbons (Fsp3) is 0.333. The molecule has 0 aromatic heterocycles. The summed E-state index contributed by atoms with van der Waals surface area (Å²) in [6.45, 7) is 4.79. The first-order valence-corrected chi connectivity index (χ1v) is 7.19. The molecule has 0 heterocycles. The summed E-state index contributed by atoms with van der Waals surface area (Å²) in [5.74, 6) is 0.915. The second-order valence-electron chi connectivity index (χ2n) is 5.27. The molecular formula is C18H23NO. The molecule has 0 radical (unpaired) electrons. The second kappa shape index (κ2) is 7.11. The van der Waals surface area contributed by atoms with E-state index in [0.29, 0.717) is 0 Å². The molecule has 0 aliphatic rings. The van der Waals surface area contributed by atoms with Crippen LogP contribution in [0.1, 0.15) is 36.1 Å². The van der Waals surface area contributed by atoms with Gasteiger partial charge in [0.1, 0.15) is 5.75 Å². The van der Waals surface area contributed by atoms with Crippen LogP contribution in [-0.2, 0) is 6.42 Å². The first kappa shape index (κ1) is 14.6. The predicted molar refractivity (Wildman–Crippen MR) is 84.0 cm³/mol. The summed E-state index contributed by atoms with van der Waals surface area (Å²) in [5, 5.41) is 0. The van der Waals surface area contributed by atoms with Gasteiger partial charge < -0.3 is 10.5 Å². The maximum atomic E-state index is 6.00. The molecule has 0 fully saturated rings. The molecule has 0 amide bonds. The molecule has 0 bridgehead atoms. The van der Waals surface area contributed by atoms with E-state index in [4.69, 9.17) is 10.5 Å². The third-order valence-electron chi connectivity index (χ3n) is 3.37. The van der Waals surface area contributed by atoms with E-state index < -0.39 is 0 Å². The molecule has 20 heavy (non-hydrogen) atoms. The highest BCUT2D eigenvalue weighted by atomic mass is 16.5. The zero-order valence-electron chi connectivity index (χ0n) is 12.3. The minimum absolute atomic E-state index is 0.000904. The van der Waals surface area contributed by atoms with Gasteiger partial charge >= 0.3 is 0 Å². The largest absolute Gasteiger partial charge is 0.493 e. The molecule has 1 atom stereocenters. The molecule has 0 saturated carbocycles. The van der Waals surface area contributed by atoms with Gasteiger partial charge in [-0.2, -0.15) is 0 Å². The van der Waals surface area contributed by atoms with Crippen LogP contribution in [0.25, 0.3) is 0 Å². The van der Waals surface area contributed by atoms with Crippen molar-refractivity contribution >= 4 is 0 Å². The summed E-state index contributed by atoms with van der Waals surface area (Å²) < 4.78 is 5.90. The van der Waals surface area contributed by atoms with Gasteiger partial charge in [0.05, 0.1) is 6.61 Å². The molecular weight excluding hydrogens is 246 g/mol. The van der Waals surface area contributed by atoms with E-state index in [-0.39, 0.29) is 6.04 Å². The van der Waals surface area contributed by atoms with Gasteiger partial charge in [0, 0.05) is 11.6 Å². The van der Waals surface area contributed by atoms with Gasteiger partial charge in [-0.3, -0.25) is 0 Å². The summed E-state index contributed by atoms with van der Waals surface area (Å²) in [5.41, 5.74) is 9.66. The molecule has 2 N–H and O–H groups in total. The van der Waals surface area contributed by atoms with E-state index >= 15 is 0 Å². The van der Waals surface area contributed by atoms with Crippen molar-refractivity contribution in [2.45, 2.75) is 32.7 Å². The van der Waals surface area contributed by atoms with Crippen LogP contribution in [0.2, 0.25) is 0 Å². The Bertz CT molecular complexity index is 534. The Kier molecular flexibility index (Phi) is 5.19. The van der Waals surface area contributed by atoms with Crippen molar-refractivity contribution in [1.82, 2.24) is 0 Å². The minimum Gasteiger partial charge on any atom is -0.493 e. The van der Waals surface area contributed by atoms with E-state index in [0.717, 1.165) is 30.8 Å². The lowest BCUT2D eigenvalue weighted by molar-refractivity contribution is 0.306. The third kappa shape index (κ3) is 4.10. The molecule has 2 rings (SSSR count). The fourth-order valence-corrected chi connectivity index (χ4v) is 2.26. The Labute approximate surface area is 121 Å². The minimum atomic E-state index is -0.000904. The quantitative estimate of drug-likeness (QED) is 0.804. The van der Waals surface area contributed by atoms with Crippen molar-refractivity contribution in [1.29, 1.82) is 0 Å². The Morgan fingerprint density at radius 3 is 2.55 bits per heavy atom. The SMILES string of the molecule is Cc1ccc(OCCCc2ccccc2)c([C@@H](C)N)c1. The van der Waals surface area contributed by atoms with Crippen LogP contribution in [0.3, 0.4) is 0 Å². The van der Waals surface area contributed by atoms with Crippen molar-refractivity contribution in [2.75, 3.05) is 6.61 Å². The molecule has 0 saturated heterocycles. The maximum Gasteiger partial charge on any atom is 0.124 e. The van der Waals surface area contributed by atoms with Crippen LogP contribution in [0.4, 0.5) is 0 Å². The Hall–Kier alpha value is -1.80. The van der Waals surface area contributed by atoms with E-state index in [1.165, 1.54) is 11.1 Å². The maximum absolute atomic E-state index is 6.00. The molecule has 2 aromatic rings.